The molecule has 1 aromatic carbocycles. The molecule has 0 unspecified atom stereocenters. The summed E-state index contributed by atoms with van der Waals surface area (Å²) in [5, 5.41) is 8.03. The number of azide groups is 1. The number of hydrogen-bond donors (Lipinski definition) is 1. The molecule has 0 spiro atoms. The first-order valence-corrected chi connectivity index (χ1v) is 3.61. The quantitative estimate of drug-likeness (QED) is 0.308. The molecule has 0 bridgehead atoms. The van der Waals surface area contributed by atoms with Crippen molar-refractivity contribution in [3.63, 3.8) is 0 Å². The second kappa shape index (κ2) is 2.69. The van der Waals surface area contributed by atoms with Crippen molar-refractivity contribution in [3.05, 3.63) is 34.7 Å². The highest BCUT2D eigenvalue weighted by Gasteiger charge is 2.04. The summed E-state index contributed by atoms with van der Waals surface area (Å²) in [5.74, 6) is 5.84. The summed E-state index contributed by atoms with van der Waals surface area (Å²) in [6, 6.07) is 7.28. The van der Waals surface area contributed by atoms with Gasteiger partial charge in [-0.2, -0.15) is 4.79 Å². The van der Waals surface area contributed by atoms with Gasteiger partial charge in [-0.05, 0) is 16.7 Å². The third kappa shape index (κ3) is 1.05. The van der Waals surface area contributed by atoms with Crippen LogP contribution in [0.3, 0.4) is 0 Å². The van der Waals surface area contributed by atoms with E-state index in [1.807, 2.05) is 12.1 Å². The Balaban J connectivity index is 2.85. The number of nitrogen functional groups attached to an aromatic ring is 1. The van der Waals surface area contributed by atoms with Gasteiger partial charge in [-0.1, -0.05) is 18.2 Å². The highest BCUT2D eigenvalue weighted by Crippen LogP contribution is 2.23. The Morgan fingerprint density at radius 1 is 1.46 bits per heavy atom. The molecule has 0 aliphatic heterocycles. The van der Waals surface area contributed by atoms with E-state index in [1.54, 1.807) is 12.1 Å². The van der Waals surface area contributed by atoms with Crippen LogP contribution in [0.5, 0.6) is 0 Å². The Bertz CT molecular complexity index is 493. The lowest BCUT2D eigenvalue weighted by molar-refractivity contribution is 0.862. The van der Waals surface area contributed by atoms with Gasteiger partial charge in [-0.25, -0.2) is 0 Å². The van der Waals surface area contributed by atoms with E-state index in [9.17, 15) is 0 Å². The predicted octanol–water partition coefficient (Wildman–Crippen LogP) is 1.69. The van der Waals surface area contributed by atoms with Crippen molar-refractivity contribution < 1.29 is 0 Å². The highest BCUT2D eigenvalue weighted by molar-refractivity contribution is 5.88. The maximum Gasteiger partial charge on any atom is 0.158 e. The minimum Gasteiger partial charge on any atom is -0.323 e. The van der Waals surface area contributed by atoms with Crippen LogP contribution in [0.25, 0.3) is 21.3 Å². The van der Waals surface area contributed by atoms with Crippen LogP contribution in [0, 0.1) is 0 Å². The molecule has 0 saturated heterocycles. The van der Waals surface area contributed by atoms with Crippen LogP contribution in [-0.2, 0) is 0 Å². The Kier molecular flexibility index (Phi) is 1.54. The Morgan fingerprint density at radius 3 is 3.00 bits per heavy atom. The molecule has 0 amide bonds. The first-order chi connectivity index (χ1) is 6.33. The molecule has 2 aromatic rings. The SMILES string of the molecule is [N-]=[N+]=Nc1nn(N)c2ccccc12. The van der Waals surface area contributed by atoms with Gasteiger partial charge in [0.05, 0.1) is 5.52 Å². The van der Waals surface area contributed by atoms with E-state index < -0.39 is 0 Å². The topological polar surface area (TPSA) is 92.6 Å². The van der Waals surface area contributed by atoms with E-state index in [2.05, 4.69) is 15.1 Å². The van der Waals surface area contributed by atoms with E-state index >= 15 is 0 Å². The lowest BCUT2D eigenvalue weighted by atomic mass is 10.2. The van der Waals surface area contributed by atoms with Crippen LogP contribution in [0.1, 0.15) is 0 Å². The summed E-state index contributed by atoms with van der Waals surface area (Å²) in [7, 11) is 0. The first-order valence-electron chi connectivity index (χ1n) is 3.61. The van der Waals surface area contributed by atoms with Crippen molar-refractivity contribution in [2.24, 2.45) is 5.11 Å². The van der Waals surface area contributed by atoms with Gasteiger partial charge < -0.3 is 5.84 Å². The molecule has 0 saturated carbocycles. The number of hydrogen-bond acceptors (Lipinski definition) is 3. The number of aromatic nitrogens is 2. The minimum absolute atomic E-state index is 0.306. The molecule has 2 N–H and O–H groups in total. The summed E-state index contributed by atoms with van der Waals surface area (Å²) >= 11 is 0. The van der Waals surface area contributed by atoms with Crippen LogP contribution in [0.15, 0.2) is 29.4 Å². The fourth-order valence-corrected chi connectivity index (χ4v) is 1.19. The fourth-order valence-electron chi connectivity index (χ4n) is 1.19. The molecular weight excluding hydrogens is 168 g/mol. The number of nitrogens with zero attached hydrogens (tertiary/aromatic N) is 5. The third-order valence-corrected chi connectivity index (χ3v) is 1.73. The summed E-state index contributed by atoms with van der Waals surface area (Å²) in [6.07, 6.45) is 0. The maximum absolute atomic E-state index is 8.26. The van der Waals surface area contributed by atoms with Crippen LogP contribution >= 0.6 is 0 Å². The van der Waals surface area contributed by atoms with Crippen LogP contribution in [0.2, 0.25) is 0 Å². The number of para-hydroxylation sites is 1. The van der Waals surface area contributed by atoms with Crippen LogP contribution in [0.4, 0.5) is 5.82 Å². The third-order valence-electron chi connectivity index (χ3n) is 1.73. The van der Waals surface area contributed by atoms with Crippen molar-refractivity contribution >= 4 is 16.7 Å². The molecule has 0 aliphatic rings. The Labute approximate surface area is 73.2 Å². The average Bonchev–Trinajstić information content (AvgIpc) is 2.46. The molecule has 1 heterocycles. The normalized spacial score (nSPS) is 9.85. The van der Waals surface area contributed by atoms with Crippen molar-refractivity contribution in [1.29, 1.82) is 0 Å². The zero-order valence-electron chi connectivity index (χ0n) is 6.62. The van der Waals surface area contributed by atoms with Crippen molar-refractivity contribution in [2.45, 2.75) is 0 Å². The summed E-state index contributed by atoms with van der Waals surface area (Å²) < 4.78 is 0. The van der Waals surface area contributed by atoms with Gasteiger partial charge in [-0.15, -0.1) is 5.10 Å². The monoisotopic (exact) mass is 174 g/mol. The number of nitrogens with two attached hydrogens (primary N) is 1. The summed E-state index contributed by atoms with van der Waals surface area (Å²) in [5.41, 5.74) is 9.00. The molecule has 2 rings (SSSR count). The molecule has 64 valence electrons. The van der Waals surface area contributed by atoms with Gasteiger partial charge in [-0.3, -0.25) is 0 Å². The second-order valence-corrected chi connectivity index (χ2v) is 2.47. The van der Waals surface area contributed by atoms with E-state index in [0.29, 0.717) is 5.82 Å². The van der Waals surface area contributed by atoms with Gasteiger partial charge in [0.25, 0.3) is 0 Å². The van der Waals surface area contributed by atoms with Crippen LogP contribution in [-0.4, -0.2) is 9.89 Å². The Hall–Kier alpha value is -2.20. The fraction of sp³-hybridized carbons (Fsp3) is 0. The first kappa shape index (κ1) is 7.45. The summed E-state index contributed by atoms with van der Waals surface area (Å²) in [6.45, 7) is 0. The van der Waals surface area contributed by atoms with E-state index in [1.165, 1.54) is 4.79 Å². The van der Waals surface area contributed by atoms with Crippen molar-refractivity contribution in [2.75, 3.05) is 5.84 Å². The molecule has 0 fully saturated rings. The largest absolute Gasteiger partial charge is 0.323 e. The summed E-state index contributed by atoms with van der Waals surface area (Å²) in [4.78, 5) is 3.86. The molecule has 6 heteroatoms. The van der Waals surface area contributed by atoms with Crippen molar-refractivity contribution in [3.8, 4) is 0 Å². The Morgan fingerprint density at radius 2 is 2.23 bits per heavy atom. The lowest BCUT2D eigenvalue weighted by Gasteiger charge is -1.90. The molecule has 13 heavy (non-hydrogen) atoms. The average molecular weight is 174 g/mol. The zero-order valence-corrected chi connectivity index (χ0v) is 6.62. The van der Waals surface area contributed by atoms with Crippen LogP contribution < -0.4 is 5.84 Å². The van der Waals surface area contributed by atoms with Gasteiger partial charge in [0.1, 0.15) is 0 Å². The standard InChI is InChI=1S/C7H6N6/c8-12-10-7-5-3-1-2-4-6(5)13(9)11-7/h1-4H,9H2. The number of fused-ring (bicyclic) bond motifs is 1. The smallest absolute Gasteiger partial charge is 0.158 e. The molecule has 1 aromatic heterocycles. The molecule has 6 nitrogen and oxygen atoms in total. The minimum atomic E-state index is 0.306. The van der Waals surface area contributed by atoms with Gasteiger partial charge in [0.2, 0.25) is 0 Å². The van der Waals surface area contributed by atoms with Crippen molar-refractivity contribution in [1.82, 2.24) is 9.89 Å². The van der Waals surface area contributed by atoms with Gasteiger partial charge in [0, 0.05) is 10.3 Å². The van der Waals surface area contributed by atoms with E-state index in [4.69, 9.17) is 11.4 Å². The van der Waals surface area contributed by atoms with E-state index in [0.717, 1.165) is 10.9 Å². The second-order valence-electron chi connectivity index (χ2n) is 2.47. The maximum atomic E-state index is 8.26. The molecule has 0 radical (unpaired) electrons. The number of benzene rings is 1. The predicted molar refractivity (Wildman–Crippen MR) is 48.7 cm³/mol. The lowest BCUT2D eigenvalue weighted by Crippen LogP contribution is -2.08. The van der Waals surface area contributed by atoms with E-state index in [-0.39, 0.29) is 0 Å². The van der Waals surface area contributed by atoms with Gasteiger partial charge >= 0.3 is 0 Å². The molecule has 0 atom stereocenters. The zero-order chi connectivity index (χ0) is 9.26. The molecule has 0 aliphatic carbocycles. The molecular formula is C7H6N6. The van der Waals surface area contributed by atoms with Gasteiger partial charge in [0.15, 0.2) is 5.82 Å². The number of rotatable bonds is 1. The highest BCUT2D eigenvalue weighted by atomic mass is 15.5.